The minimum absolute atomic E-state index is 0.0304. The van der Waals surface area contributed by atoms with Gasteiger partial charge in [0.25, 0.3) is 5.91 Å². The molecule has 0 spiro atoms. The van der Waals surface area contributed by atoms with Gasteiger partial charge in [0, 0.05) is 39.0 Å². The molecule has 36 heavy (non-hydrogen) atoms. The molecule has 3 heterocycles. The molecule has 1 fully saturated rings. The van der Waals surface area contributed by atoms with E-state index < -0.39 is 0 Å². The molecule has 2 atom stereocenters. The van der Waals surface area contributed by atoms with Crippen LogP contribution in [0.25, 0.3) is 0 Å². The number of carbonyl (C=O) groups is 2. The van der Waals surface area contributed by atoms with Crippen LogP contribution in [0.15, 0.2) is 48.8 Å². The molecule has 1 aromatic heterocycles. The van der Waals surface area contributed by atoms with Gasteiger partial charge in [-0.3, -0.25) is 14.6 Å². The van der Waals surface area contributed by atoms with Gasteiger partial charge in [0.1, 0.15) is 18.0 Å². The standard InChI is InChI=1S/C29H39N3O4/c1-31-19-8-4-2-3-5-9-20-35-26-21-32(28(33)14-10-11-23-15-17-30-18-16-23)22-27(26)36-25-13-7-6-12-24(25)29(31)34/h6-7,12-13,15-18,26-27H,2-5,8-11,14,19-22H2,1H3/t26-,27-/m1/s1. The molecular formula is C29H39N3O4. The third-order valence-corrected chi connectivity index (χ3v) is 7.14. The van der Waals surface area contributed by atoms with E-state index in [1.807, 2.05) is 48.3 Å². The van der Waals surface area contributed by atoms with Crippen molar-refractivity contribution in [1.29, 1.82) is 0 Å². The highest BCUT2D eigenvalue weighted by atomic mass is 16.5. The van der Waals surface area contributed by atoms with Gasteiger partial charge < -0.3 is 19.3 Å². The maximum absolute atomic E-state index is 13.2. The number of pyridine rings is 1. The zero-order chi connectivity index (χ0) is 25.2. The molecule has 0 aliphatic carbocycles. The first-order valence-electron chi connectivity index (χ1n) is 13.4. The second kappa shape index (κ2) is 13.4. The number of rotatable bonds is 4. The number of aryl methyl sites for hydroxylation is 1. The molecule has 2 aromatic rings. The number of fused-ring (bicyclic) bond motifs is 2. The van der Waals surface area contributed by atoms with Gasteiger partial charge >= 0.3 is 0 Å². The largest absolute Gasteiger partial charge is 0.485 e. The molecule has 7 nitrogen and oxygen atoms in total. The number of amides is 2. The third kappa shape index (κ3) is 7.29. The number of benzene rings is 1. The van der Waals surface area contributed by atoms with Crippen molar-refractivity contribution in [2.24, 2.45) is 0 Å². The first kappa shape index (κ1) is 26.1. The molecule has 0 unspecified atom stereocenters. The van der Waals surface area contributed by atoms with E-state index in [0.717, 1.165) is 45.1 Å². The van der Waals surface area contributed by atoms with Gasteiger partial charge in [0.2, 0.25) is 5.91 Å². The van der Waals surface area contributed by atoms with E-state index in [1.165, 1.54) is 18.4 Å². The van der Waals surface area contributed by atoms with Crippen molar-refractivity contribution in [3.05, 3.63) is 59.9 Å². The quantitative estimate of drug-likeness (QED) is 0.627. The SMILES string of the molecule is CN1CCCCCCCCO[C@@H]2CN(C(=O)CCCc3ccncc3)C[C@H]2Oc2ccccc2C1=O. The summed E-state index contributed by atoms with van der Waals surface area (Å²) in [4.78, 5) is 33.9. The second-order valence-corrected chi connectivity index (χ2v) is 9.92. The Morgan fingerprint density at radius 2 is 1.69 bits per heavy atom. The maximum atomic E-state index is 13.2. The molecule has 1 aromatic carbocycles. The van der Waals surface area contributed by atoms with Gasteiger partial charge in [-0.25, -0.2) is 0 Å². The Bertz CT molecular complexity index is 983. The Labute approximate surface area is 214 Å². The summed E-state index contributed by atoms with van der Waals surface area (Å²) in [5.41, 5.74) is 1.75. The van der Waals surface area contributed by atoms with Crippen molar-refractivity contribution >= 4 is 11.8 Å². The molecule has 0 N–H and O–H groups in total. The van der Waals surface area contributed by atoms with Gasteiger partial charge in [-0.2, -0.15) is 0 Å². The maximum Gasteiger partial charge on any atom is 0.257 e. The Morgan fingerprint density at radius 3 is 2.53 bits per heavy atom. The summed E-state index contributed by atoms with van der Waals surface area (Å²) in [5.74, 6) is 0.656. The summed E-state index contributed by atoms with van der Waals surface area (Å²) in [5, 5.41) is 0. The summed E-state index contributed by atoms with van der Waals surface area (Å²) in [6.07, 6.45) is 11.8. The zero-order valence-corrected chi connectivity index (χ0v) is 21.4. The van der Waals surface area contributed by atoms with Crippen LogP contribution in [0.5, 0.6) is 5.75 Å². The van der Waals surface area contributed by atoms with Crippen molar-refractivity contribution in [2.75, 3.05) is 33.3 Å². The van der Waals surface area contributed by atoms with E-state index >= 15 is 0 Å². The van der Waals surface area contributed by atoms with Crippen LogP contribution < -0.4 is 4.74 Å². The van der Waals surface area contributed by atoms with E-state index in [0.29, 0.717) is 37.4 Å². The molecule has 2 aliphatic heterocycles. The molecular weight excluding hydrogens is 454 g/mol. The topological polar surface area (TPSA) is 72.0 Å². The average molecular weight is 494 g/mol. The number of ether oxygens (including phenoxy) is 2. The molecule has 0 saturated carbocycles. The number of hydrogen-bond donors (Lipinski definition) is 0. The summed E-state index contributed by atoms with van der Waals surface area (Å²) in [6, 6.07) is 11.4. The molecule has 2 amide bonds. The number of carbonyl (C=O) groups excluding carboxylic acids is 2. The Hall–Kier alpha value is -2.93. The van der Waals surface area contributed by atoms with Gasteiger partial charge in [-0.15, -0.1) is 0 Å². The lowest BCUT2D eigenvalue weighted by atomic mass is 10.1. The number of hydrogen-bond acceptors (Lipinski definition) is 5. The average Bonchev–Trinajstić information content (AvgIpc) is 3.30. The predicted molar refractivity (Wildman–Crippen MR) is 139 cm³/mol. The number of para-hydroxylation sites is 1. The zero-order valence-electron chi connectivity index (χ0n) is 21.4. The monoisotopic (exact) mass is 493 g/mol. The van der Waals surface area contributed by atoms with Crippen molar-refractivity contribution in [2.45, 2.75) is 70.0 Å². The minimum atomic E-state index is -0.304. The van der Waals surface area contributed by atoms with E-state index in [4.69, 9.17) is 9.47 Å². The van der Waals surface area contributed by atoms with E-state index in [9.17, 15) is 9.59 Å². The molecule has 0 bridgehead atoms. The van der Waals surface area contributed by atoms with E-state index in [-0.39, 0.29) is 24.0 Å². The lowest BCUT2D eigenvalue weighted by Gasteiger charge is -2.24. The fourth-order valence-corrected chi connectivity index (χ4v) is 4.98. The van der Waals surface area contributed by atoms with Gasteiger partial charge in [-0.1, -0.05) is 37.8 Å². The van der Waals surface area contributed by atoms with Crippen molar-refractivity contribution in [3.8, 4) is 5.75 Å². The van der Waals surface area contributed by atoms with E-state index in [1.54, 1.807) is 17.3 Å². The number of likely N-dealkylation sites (tertiary alicyclic amines) is 1. The highest BCUT2D eigenvalue weighted by molar-refractivity contribution is 5.96. The molecule has 4 rings (SSSR count). The van der Waals surface area contributed by atoms with Crippen molar-refractivity contribution in [1.82, 2.24) is 14.8 Å². The Balaban J connectivity index is 1.43. The van der Waals surface area contributed by atoms with Gasteiger partial charge in [-0.05, 0) is 55.5 Å². The van der Waals surface area contributed by atoms with Crippen LogP contribution >= 0.6 is 0 Å². The van der Waals surface area contributed by atoms with E-state index in [2.05, 4.69) is 4.98 Å². The van der Waals surface area contributed by atoms with Crippen LogP contribution in [0.1, 0.15) is 67.3 Å². The van der Waals surface area contributed by atoms with Crippen LogP contribution in [-0.4, -0.2) is 72.1 Å². The van der Waals surface area contributed by atoms with Gasteiger partial charge in [0.05, 0.1) is 18.7 Å². The second-order valence-electron chi connectivity index (χ2n) is 9.92. The number of aromatic nitrogens is 1. The first-order valence-corrected chi connectivity index (χ1v) is 13.4. The Kier molecular flexibility index (Phi) is 9.73. The summed E-state index contributed by atoms with van der Waals surface area (Å²) < 4.78 is 12.7. The van der Waals surface area contributed by atoms with Crippen LogP contribution in [-0.2, 0) is 16.0 Å². The van der Waals surface area contributed by atoms with Crippen LogP contribution in [0.4, 0.5) is 0 Å². The Morgan fingerprint density at radius 1 is 0.972 bits per heavy atom. The third-order valence-electron chi connectivity index (χ3n) is 7.14. The highest BCUT2D eigenvalue weighted by Crippen LogP contribution is 2.26. The summed E-state index contributed by atoms with van der Waals surface area (Å²) >= 11 is 0. The van der Waals surface area contributed by atoms with Crippen LogP contribution in [0, 0.1) is 0 Å². The molecule has 1 saturated heterocycles. The minimum Gasteiger partial charge on any atom is -0.485 e. The smallest absolute Gasteiger partial charge is 0.257 e. The number of nitrogens with zero attached hydrogens (tertiary/aromatic N) is 3. The first-order chi connectivity index (χ1) is 17.6. The van der Waals surface area contributed by atoms with Gasteiger partial charge in [0.15, 0.2) is 0 Å². The molecule has 7 heteroatoms. The fourth-order valence-electron chi connectivity index (χ4n) is 4.98. The van der Waals surface area contributed by atoms with Crippen molar-refractivity contribution < 1.29 is 19.1 Å². The van der Waals surface area contributed by atoms with Crippen LogP contribution in [0.2, 0.25) is 0 Å². The fraction of sp³-hybridized carbons (Fsp3) is 0.552. The normalized spacial score (nSPS) is 22.0. The van der Waals surface area contributed by atoms with Crippen molar-refractivity contribution in [3.63, 3.8) is 0 Å². The predicted octanol–water partition coefficient (Wildman–Crippen LogP) is 4.51. The lowest BCUT2D eigenvalue weighted by Crippen LogP contribution is -2.34. The molecule has 194 valence electrons. The molecule has 2 aliphatic rings. The lowest BCUT2D eigenvalue weighted by molar-refractivity contribution is -0.130. The highest BCUT2D eigenvalue weighted by Gasteiger charge is 2.38. The molecule has 0 radical (unpaired) electrons. The van der Waals surface area contributed by atoms with Crippen LogP contribution in [0.3, 0.4) is 0 Å². The summed E-state index contributed by atoms with van der Waals surface area (Å²) in [7, 11) is 1.86. The summed E-state index contributed by atoms with van der Waals surface area (Å²) in [6.45, 7) is 2.40.